The van der Waals surface area contributed by atoms with Gasteiger partial charge in [0.25, 0.3) is 0 Å². The maximum atomic E-state index is 12.6. The smallest absolute Gasteiger partial charge is 0.223 e. The second kappa shape index (κ2) is 9.63. The van der Waals surface area contributed by atoms with Crippen LogP contribution in [0.25, 0.3) is 10.8 Å². The van der Waals surface area contributed by atoms with Gasteiger partial charge in [0.05, 0.1) is 0 Å². The number of amides is 1. The van der Waals surface area contributed by atoms with Gasteiger partial charge < -0.3 is 5.32 Å². The molecule has 0 saturated carbocycles. The molecule has 30 heavy (non-hydrogen) atoms. The molecule has 4 heteroatoms. The monoisotopic (exact) mass is 420 g/mol. The molecule has 3 aromatic carbocycles. The van der Waals surface area contributed by atoms with E-state index >= 15 is 0 Å². The summed E-state index contributed by atoms with van der Waals surface area (Å²) >= 11 is 5.93. The van der Waals surface area contributed by atoms with Gasteiger partial charge in [-0.3, -0.25) is 9.69 Å². The Balaban J connectivity index is 1.28. The van der Waals surface area contributed by atoms with E-state index in [0.717, 1.165) is 37.4 Å². The molecule has 0 unspecified atom stereocenters. The van der Waals surface area contributed by atoms with E-state index in [4.69, 9.17) is 11.6 Å². The molecule has 3 nitrogen and oxygen atoms in total. The lowest BCUT2D eigenvalue weighted by molar-refractivity contribution is -0.126. The Morgan fingerprint density at radius 1 is 1.03 bits per heavy atom. The van der Waals surface area contributed by atoms with Crippen LogP contribution in [-0.4, -0.2) is 30.4 Å². The van der Waals surface area contributed by atoms with Crippen molar-refractivity contribution in [2.24, 2.45) is 5.92 Å². The molecule has 1 fully saturated rings. The van der Waals surface area contributed by atoms with Crippen molar-refractivity contribution < 1.29 is 4.79 Å². The lowest BCUT2D eigenvalue weighted by Crippen LogP contribution is -2.41. The summed E-state index contributed by atoms with van der Waals surface area (Å²) in [5.74, 6) is 0.313. The normalized spacial score (nSPS) is 16.5. The lowest BCUT2D eigenvalue weighted by atomic mass is 9.92. The minimum absolute atomic E-state index is 0.117. The topological polar surface area (TPSA) is 32.3 Å². The quantitative estimate of drug-likeness (QED) is 0.560. The Hall–Kier alpha value is -2.36. The van der Waals surface area contributed by atoms with E-state index < -0.39 is 0 Å². The van der Waals surface area contributed by atoms with Gasteiger partial charge in [-0.2, -0.15) is 0 Å². The zero-order valence-corrected chi connectivity index (χ0v) is 18.2. The molecule has 0 aliphatic carbocycles. The molecule has 1 heterocycles. The third kappa shape index (κ3) is 4.85. The second-order valence-electron chi connectivity index (χ2n) is 8.22. The Morgan fingerprint density at radius 3 is 2.50 bits per heavy atom. The van der Waals surface area contributed by atoms with Crippen LogP contribution in [0.15, 0.2) is 66.7 Å². The molecule has 1 atom stereocenters. The first-order valence-corrected chi connectivity index (χ1v) is 11.2. The predicted octanol–water partition coefficient (Wildman–Crippen LogP) is 5.63. The van der Waals surface area contributed by atoms with Gasteiger partial charge in [0.15, 0.2) is 0 Å². The van der Waals surface area contributed by atoms with Gasteiger partial charge in [0.1, 0.15) is 0 Å². The van der Waals surface area contributed by atoms with Crippen molar-refractivity contribution >= 4 is 28.3 Å². The number of benzene rings is 3. The average molecular weight is 421 g/mol. The fraction of sp³-hybridized carbons (Fsp3) is 0.346. The number of hydrogen-bond acceptors (Lipinski definition) is 2. The van der Waals surface area contributed by atoms with Crippen molar-refractivity contribution in [3.05, 3.63) is 82.9 Å². The van der Waals surface area contributed by atoms with Gasteiger partial charge in [-0.25, -0.2) is 0 Å². The SMILES string of the molecule is C[C@H](c1cccc2ccccc12)N1CCC(C(=O)NCCc2ccc(Cl)cc2)CC1. The lowest BCUT2D eigenvalue weighted by Gasteiger charge is -2.36. The number of carbonyl (C=O) groups excluding carboxylic acids is 1. The number of likely N-dealkylation sites (tertiary alicyclic amines) is 1. The highest BCUT2D eigenvalue weighted by Crippen LogP contribution is 2.31. The third-order valence-corrected chi connectivity index (χ3v) is 6.60. The van der Waals surface area contributed by atoms with E-state index in [-0.39, 0.29) is 11.8 Å². The summed E-state index contributed by atoms with van der Waals surface area (Å²) < 4.78 is 0. The van der Waals surface area contributed by atoms with E-state index in [0.29, 0.717) is 12.6 Å². The Labute approximate surface area is 184 Å². The highest BCUT2D eigenvalue weighted by atomic mass is 35.5. The van der Waals surface area contributed by atoms with Crippen LogP contribution >= 0.6 is 11.6 Å². The van der Waals surface area contributed by atoms with Gasteiger partial charge in [-0.15, -0.1) is 0 Å². The number of carbonyl (C=O) groups is 1. The zero-order chi connectivity index (χ0) is 20.9. The molecule has 1 saturated heterocycles. The summed E-state index contributed by atoms with van der Waals surface area (Å²) in [5.41, 5.74) is 2.57. The fourth-order valence-electron chi connectivity index (χ4n) is 4.49. The molecule has 0 radical (unpaired) electrons. The van der Waals surface area contributed by atoms with Crippen LogP contribution in [-0.2, 0) is 11.2 Å². The van der Waals surface area contributed by atoms with Crippen LogP contribution in [0.5, 0.6) is 0 Å². The van der Waals surface area contributed by atoms with E-state index in [2.05, 4.69) is 59.6 Å². The first-order valence-electron chi connectivity index (χ1n) is 10.9. The number of piperidine rings is 1. The molecule has 1 aliphatic rings. The van der Waals surface area contributed by atoms with Crippen LogP contribution in [0.4, 0.5) is 0 Å². The van der Waals surface area contributed by atoms with E-state index in [1.807, 2.05) is 24.3 Å². The molecule has 1 amide bonds. The highest BCUT2D eigenvalue weighted by molar-refractivity contribution is 6.30. The number of rotatable bonds is 6. The number of nitrogens with zero attached hydrogens (tertiary/aromatic N) is 1. The first kappa shape index (κ1) is 20.9. The summed E-state index contributed by atoms with van der Waals surface area (Å²) in [6, 6.07) is 23.3. The van der Waals surface area contributed by atoms with Gasteiger partial charge >= 0.3 is 0 Å². The predicted molar refractivity (Wildman–Crippen MR) is 125 cm³/mol. The summed E-state index contributed by atoms with van der Waals surface area (Å²) in [6.45, 7) is 4.88. The van der Waals surface area contributed by atoms with Gasteiger partial charge in [0, 0.05) is 23.5 Å². The van der Waals surface area contributed by atoms with Crippen molar-refractivity contribution in [2.45, 2.75) is 32.2 Å². The Kier molecular flexibility index (Phi) is 6.71. The standard InChI is InChI=1S/C26H29ClN2O/c1-19(24-8-4-6-21-5-2-3-7-25(21)24)29-17-14-22(15-18-29)26(30)28-16-13-20-9-11-23(27)12-10-20/h2-12,19,22H,13-18H2,1H3,(H,28,30)/t19-/m1/s1. The minimum atomic E-state index is 0.117. The van der Waals surface area contributed by atoms with Crippen LogP contribution < -0.4 is 5.32 Å². The summed E-state index contributed by atoms with van der Waals surface area (Å²) in [5, 5.41) is 6.48. The van der Waals surface area contributed by atoms with Crippen molar-refractivity contribution in [1.82, 2.24) is 10.2 Å². The molecule has 1 aliphatic heterocycles. The van der Waals surface area contributed by atoms with Crippen molar-refractivity contribution in [2.75, 3.05) is 19.6 Å². The minimum Gasteiger partial charge on any atom is -0.356 e. The van der Waals surface area contributed by atoms with Gasteiger partial charge in [-0.1, -0.05) is 66.2 Å². The van der Waals surface area contributed by atoms with Gasteiger partial charge in [-0.05, 0) is 73.3 Å². The van der Waals surface area contributed by atoms with Crippen LogP contribution in [0, 0.1) is 5.92 Å². The first-order chi connectivity index (χ1) is 14.6. The maximum absolute atomic E-state index is 12.6. The van der Waals surface area contributed by atoms with Gasteiger partial charge in [0.2, 0.25) is 5.91 Å². The molecule has 3 aromatic rings. The van der Waals surface area contributed by atoms with E-state index in [9.17, 15) is 4.79 Å². The van der Waals surface area contributed by atoms with E-state index in [1.54, 1.807) is 0 Å². The molecule has 0 spiro atoms. The number of fused-ring (bicyclic) bond motifs is 1. The van der Waals surface area contributed by atoms with Crippen molar-refractivity contribution in [3.63, 3.8) is 0 Å². The molecular weight excluding hydrogens is 392 g/mol. The Morgan fingerprint density at radius 2 is 1.73 bits per heavy atom. The summed E-state index contributed by atoms with van der Waals surface area (Å²) in [4.78, 5) is 15.1. The summed E-state index contributed by atoms with van der Waals surface area (Å²) in [7, 11) is 0. The maximum Gasteiger partial charge on any atom is 0.223 e. The Bertz CT molecular complexity index is 988. The molecule has 156 valence electrons. The third-order valence-electron chi connectivity index (χ3n) is 6.35. The zero-order valence-electron chi connectivity index (χ0n) is 17.5. The summed E-state index contributed by atoms with van der Waals surface area (Å²) in [6.07, 6.45) is 2.67. The molecule has 0 bridgehead atoms. The van der Waals surface area contributed by atoms with Crippen molar-refractivity contribution in [1.29, 1.82) is 0 Å². The second-order valence-corrected chi connectivity index (χ2v) is 8.66. The number of hydrogen-bond donors (Lipinski definition) is 1. The van der Waals surface area contributed by atoms with Crippen LogP contribution in [0.1, 0.15) is 36.9 Å². The average Bonchev–Trinajstić information content (AvgIpc) is 2.79. The molecule has 0 aromatic heterocycles. The number of halogens is 1. The van der Waals surface area contributed by atoms with E-state index in [1.165, 1.54) is 21.9 Å². The van der Waals surface area contributed by atoms with Crippen LogP contribution in [0.3, 0.4) is 0 Å². The highest BCUT2D eigenvalue weighted by Gasteiger charge is 2.28. The molecule has 4 rings (SSSR count). The largest absolute Gasteiger partial charge is 0.356 e. The van der Waals surface area contributed by atoms with Crippen molar-refractivity contribution in [3.8, 4) is 0 Å². The van der Waals surface area contributed by atoms with Crippen LogP contribution in [0.2, 0.25) is 5.02 Å². The fourth-order valence-corrected chi connectivity index (χ4v) is 4.61. The molecule has 1 N–H and O–H groups in total. The molecular formula is C26H29ClN2O. The number of nitrogens with one attached hydrogen (secondary N) is 1.